The van der Waals surface area contributed by atoms with Gasteiger partial charge in [-0.15, -0.1) is 0 Å². The minimum Gasteiger partial charge on any atom is -0.367 e. The first-order chi connectivity index (χ1) is 3.71. The number of rotatable bonds is 1. The molecule has 0 spiro atoms. The van der Waals surface area contributed by atoms with Gasteiger partial charge in [0.25, 0.3) is 3.98 Å². The molecule has 0 amide bonds. The second-order valence-corrected chi connectivity index (χ2v) is 4.65. The molecule has 0 heterocycles. The summed E-state index contributed by atoms with van der Waals surface area (Å²) in [6.07, 6.45) is 0. The topological polar surface area (TPSA) is 69.9 Å². The van der Waals surface area contributed by atoms with E-state index < -0.39 is 13.0 Å². The lowest BCUT2D eigenvalue weighted by molar-refractivity contribution is 0.0606. The fourth-order valence-corrected chi connectivity index (χ4v) is 1.40. The zero-order valence-corrected chi connectivity index (χ0v) is 7.15. The first kappa shape index (κ1) is 9.93. The van der Waals surface area contributed by atoms with E-state index in [1.54, 1.807) is 0 Å². The molecule has 0 aromatic carbocycles. The van der Waals surface area contributed by atoms with E-state index in [-0.39, 0.29) is 0 Å². The maximum absolute atomic E-state index is 8.13. The molecule has 0 radical (unpaired) electrons. The van der Waals surface area contributed by atoms with Gasteiger partial charge in [0.05, 0.1) is 0 Å². The Morgan fingerprint density at radius 1 is 1.11 bits per heavy atom. The first-order valence-corrected chi connectivity index (χ1v) is 4.53. The summed E-state index contributed by atoms with van der Waals surface area (Å²) in [7, 11) is -4.69. The highest BCUT2D eigenvalue weighted by Gasteiger charge is 2.40. The molecule has 8 heteroatoms. The van der Waals surface area contributed by atoms with Gasteiger partial charge in [0, 0.05) is 0 Å². The summed E-state index contributed by atoms with van der Waals surface area (Å²) in [5.74, 6) is 0. The second kappa shape index (κ2) is 2.89. The van der Waals surface area contributed by atoms with Crippen molar-refractivity contribution in [3.05, 3.63) is 0 Å². The highest BCUT2D eigenvalue weighted by Crippen LogP contribution is 2.28. The minimum atomic E-state index is -4.69. The van der Waals surface area contributed by atoms with Crippen LogP contribution >= 0.6 is 34.8 Å². The Balaban J connectivity index is 3.75. The third-order valence-corrected chi connectivity index (χ3v) is 1.45. The van der Waals surface area contributed by atoms with Gasteiger partial charge >= 0.3 is 9.05 Å². The van der Waals surface area contributed by atoms with Crippen molar-refractivity contribution in [1.29, 1.82) is 0 Å². The van der Waals surface area contributed by atoms with E-state index in [1.165, 1.54) is 0 Å². The standard InChI is InChI=1S/CH3Cl3O4Si/c2-1(3,4)8-9(5,6)7/h5-7H. The molecule has 9 heavy (non-hydrogen) atoms. The van der Waals surface area contributed by atoms with Crippen LogP contribution in [0.4, 0.5) is 0 Å². The van der Waals surface area contributed by atoms with Gasteiger partial charge in [-0.1, -0.05) is 34.8 Å². The van der Waals surface area contributed by atoms with Gasteiger partial charge in [0.1, 0.15) is 0 Å². The third-order valence-electron chi connectivity index (χ3n) is 0.253. The maximum atomic E-state index is 8.13. The number of hydrogen-bond donors (Lipinski definition) is 3. The van der Waals surface area contributed by atoms with Crippen LogP contribution in [0.25, 0.3) is 0 Å². The van der Waals surface area contributed by atoms with Crippen LogP contribution in [0.1, 0.15) is 0 Å². The Morgan fingerprint density at radius 2 is 1.44 bits per heavy atom. The van der Waals surface area contributed by atoms with Crippen LogP contribution < -0.4 is 0 Å². The lowest BCUT2D eigenvalue weighted by Crippen LogP contribution is -2.42. The van der Waals surface area contributed by atoms with Gasteiger partial charge in [-0.05, 0) is 0 Å². The predicted octanol–water partition coefficient (Wildman–Crippen LogP) is -0.257. The third kappa shape index (κ3) is 8.93. The summed E-state index contributed by atoms with van der Waals surface area (Å²) in [4.78, 5) is 24.4. The van der Waals surface area contributed by atoms with Crippen LogP contribution in [0.15, 0.2) is 0 Å². The van der Waals surface area contributed by atoms with Crippen LogP contribution in [0.5, 0.6) is 0 Å². The minimum absolute atomic E-state index is 2.29. The largest absolute Gasteiger partial charge is 0.674 e. The van der Waals surface area contributed by atoms with Crippen molar-refractivity contribution >= 4 is 43.9 Å². The van der Waals surface area contributed by atoms with E-state index >= 15 is 0 Å². The molecule has 0 saturated carbocycles. The zero-order valence-electron chi connectivity index (χ0n) is 3.88. The van der Waals surface area contributed by atoms with Crippen molar-refractivity contribution in [2.75, 3.05) is 0 Å². The lowest BCUT2D eigenvalue weighted by atomic mass is 11.7. The molecule has 0 aliphatic rings. The molecule has 0 aromatic rings. The fraction of sp³-hybridized carbons (Fsp3) is 1.00. The van der Waals surface area contributed by atoms with Gasteiger partial charge in [-0.3, -0.25) is 0 Å². The maximum Gasteiger partial charge on any atom is 0.674 e. The molecule has 0 aliphatic heterocycles. The summed E-state index contributed by atoms with van der Waals surface area (Å²) in [5, 5.41) is 0. The van der Waals surface area contributed by atoms with Crippen molar-refractivity contribution in [3.8, 4) is 0 Å². The van der Waals surface area contributed by atoms with E-state index in [4.69, 9.17) is 49.2 Å². The van der Waals surface area contributed by atoms with E-state index in [2.05, 4.69) is 4.43 Å². The molecule has 0 aliphatic carbocycles. The number of alkyl halides is 3. The summed E-state index contributed by atoms with van der Waals surface area (Å²) < 4.78 is 1.44. The Bertz CT molecular complexity index is 81.0. The highest BCUT2D eigenvalue weighted by molar-refractivity contribution is 6.68. The molecule has 0 aromatic heterocycles. The fourth-order valence-electron chi connectivity index (χ4n) is 0.155. The summed E-state index contributed by atoms with van der Waals surface area (Å²) in [5.41, 5.74) is 0. The predicted molar refractivity (Wildman–Crippen MR) is 33.8 cm³/mol. The van der Waals surface area contributed by atoms with Crippen molar-refractivity contribution in [1.82, 2.24) is 0 Å². The lowest BCUT2D eigenvalue weighted by Gasteiger charge is -2.15. The second-order valence-electron chi connectivity index (χ2n) is 1.12. The summed E-state index contributed by atoms with van der Waals surface area (Å²) in [6.45, 7) is 0. The summed E-state index contributed by atoms with van der Waals surface area (Å²) >= 11 is 14.6. The number of halogens is 3. The quantitative estimate of drug-likeness (QED) is 0.415. The van der Waals surface area contributed by atoms with E-state index in [1.807, 2.05) is 0 Å². The van der Waals surface area contributed by atoms with Crippen molar-refractivity contribution in [2.45, 2.75) is 3.98 Å². The Hall–Kier alpha value is 0.927. The monoisotopic (exact) mass is 212 g/mol. The molecular formula is CH3Cl3O4Si. The van der Waals surface area contributed by atoms with Crippen LogP contribution in [0.3, 0.4) is 0 Å². The molecule has 0 bridgehead atoms. The average Bonchev–Trinajstić information content (AvgIpc) is 1.14. The SMILES string of the molecule is O[Si](O)(O)OC(Cl)(Cl)Cl. The van der Waals surface area contributed by atoms with Gasteiger partial charge in [-0.2, -0.15) is 0 Å². The smallest absolute Gasteiger partial charge is 0.367 e. The van der Waals surface area contributed by atoms with Gasteiger partial charge in [0.15, 0.2) is 0 Å². The molecule has 3 N–H and O–H groups in total. The van der Waals surface area contributed by atoms with E-state index in [9.17, 15) is 0 Å². The molecule has 0 unspecified atom stereocenters. The molecule has 0 rings (SSSR count). The first-order valence-electron chi connectivity index (χ1n) is 1.65. The van der Waals surface area contributed by atoms with Gasteiger partial charge < -0.3 is 18.8 Å². The Labute approximate surface area is 67.0 Å². The number of hydrogen-bond acceptors (Lipinski definition) is 4. The molecule has 0 saturated heterocycles. The van der Waals surface area contributed by atoms with E-state index in [0.29, 0.717) is 0 Å². The van der Waals surface area contributed by atoms with Crippen LogP contribution in [-0.2, 0) is 4.43 Å². The Kier molecular flexibility index (Phi) is 3.19. The summed E-state index contributed by atoms with van der Waals surface area (Å²) in [6, 6.07) is 0. The highest BCUT2D eigenvalue weighted by atomic mass is 35.6. The molecule has 0 atom stereocenters. The zero-order chi connectivity index (χ0) is 7.71. The molecule has 4 nitrogen and oxygen atoms in total. The normalized spacial score (nSPS) is 14.0. The molecule has 0 fully saturated rings. The van der Waals surface area contributed by atoms with Crippen LogP contribution in [0.2, 0.25) is 0 Å². The Morgan fingerprint density at radius 3 is 1.44 bits per heavy atom. The molecular weight excluding hydrogens is 210 g/mol. The van der Waals surface area contributed by atoms with Crippen LogP contribution in [0, 0.1) is 0 Å². The van der Waals surface area contributed by atoms with Crippen molar-refractivity contribution in [2.24, 2.45) is 0 Å². The molecule has 56 valence electrons. The van der Waals surface area contributed by atoms with Crippen LogP contribution in [-0.4, -0.2) is 27.4 Å². The van der Waals surface area contributed by atoms with Crippen molar-refractivity contribution < 1.29 is 18.8 Å². The van der Waals surface area contributed by atoms with Crippen molar-refractivity contribution in [3.63, 3.8) is 0 Å². The van der Waals surface area contributed by atoms with E-state index in [0.717, 1.165) is 0 Å². The van der Waals surface area contributed by atoms with Gasteiger partial charge in [0.2, 0.25) is 0 Å². The average molecular weight is 213 g/mol. The van der Waals surface area contributed by atoms with Gasteiger partial charge in [-0.25, -0.2) is 0 Å².